The van der Waals surface area contributed by atoms with Crippen LogP contribution in [0.2, 0.25) is 0 Å². The fourth-order valence-electron chi connectivity index (χ4n) is 3.08. The zero-order chi connectivity index (χ0) is 17.6. The third-order valence-corrected chi connectivity index (χ3v) is 4.37. The Balaban J connectivity index is 1.57. The van der Waals surface area contributed by atoms with E-state index in [1.54, 1.807) is 12.1 Å². The molecule has 25 heavy (non-hydrogen) atoms. The molecule has 132 valence electrons. The van der Waals surface area contributed by atoms with E-state index in [9.17, 15) is 9.59 Å². The summed E-state index contributed by atoms with van der Waals surface area (Å²) in [6.07, 6.45) is 2.89. The van der Waals surface area contributed by atoms with Gasteiger partial charge in [0.15, 0.2) is 5.76 Å². The largest absolute Gasteiger partial charge is 0.456 e. The van der Waals surface area contributed by atoms with Crippen molar-refractivity contribution in [1.82, 2.24) is 10.2 Å². The molecule has 0 bridgehead atoms. The standard InChI is InChI=1S/C19H23N3O3/c1-14-10-11-17(25-14)18(23)22-12-6-5-9-16(22)13-20-19(24)21-15-7-3-2-4-8-15/h2-4,7-8,10-11,16H,5-6,9,12-13H2,1H3,(H2,20,21,24). The van der Waals surface area contributed by atoms with Gasteiger partial charge >= 0.3 is 6.03 Å². The molecule has 0 aliphatic carbocycles. The monoisotopic (exact) mass is 341 g/mol. The minimum Gasteiger partial charge on any atom is -0.456 e. The van der Waals surface area contributed by atoms with Gasteiger partial charge in [-0.1, -0.05) is 18.2 Å². The van der Waals surface area contributed by atoms with Gasteiger partial charge in [0.25, 0.3) is 5.91 Å². The molecule has 3 rings (SSSR count). The highest BCUT2D eigenvalue weighted by Crippen LogP contribution is 2.20. The molecule has 1 saturated heterocycles. The Morgan fingerprint density at radius 3 is 2.68 bits per heavy atom. The van der Waals surface area contributed by atoms with E-state index in [1.165, 1.54) is 0 Å². The van der Waals surface area contributed by atoms with Crippen LogP contribution in [0.5, 0.6) is 0 Å². The van der Waals surface area contributed by atoms with E-state index in [0.717, 1.165) is 30.7 Å². The summed E-state index contributed by atoms with van der Waals surface area (Å²) in [7, 11) is 0. The molecule has 3 amide bonds. The molecule has 2 aromatic rings. The van der Waals surface area contributed by atoms with Gasteiger partial charge in [0.05, 0.1) is 0 Å². The number of amides is 3. The van der Waals surface area contributed by atoms with Crippen molar-refractivity contribution >= 4 is 17.6 Å². The lowest BCUT2D eigenvalue weighted by atomic mass is 10.0. The number of likely N-dealkylation sites (tertiary alicyclic amines) is 1. The molecule has 1 aliphatic heterocycles. The summed E-state index contributed by atoms with van der Waals surface area (Å²) in [5.41, 5.74) is 0.739. The molecule has 2 N–H and O–H groups in total. The highest BCUT2D eigenvalue weighted by molar-refractivity contribution is 5.92. The first-order chi connectivity index (χ1) is 12.1. The average molecular weight is 341 g/mol. The number of nitrogens with zero attached hydrogens (tertiary/aromatic N) is 1. The Morgan fingerprint density at radius 1 is 1.16 bits per heavy atom. The second-order valence-corrected chi connectivity index (χ2v) is 6.26. The molecule has 6 nitrogen and oxygen atoms in total. The number of carbonyl (C=O) groups excluding carboxylic acids is 2. The smallest absolute Gasteiger partial charge is 0.319 e. The van der Waals surface area contributed by atoms with Crippen LogP contribution in [0.4, 0.5) is 10.5 Å². The first-order valence-electron chi connectivity index (χ1n) is 8.61. The SMILES string of the molecule is Cc1ccc(C(=O)N2CCCCC2CNC(=O)Nc2ccccc2)o1. The van der Waals surface area contributed by atoms with E-state index in [1.807, 2.05) is 42.2 Å². The molecule has 1 aromatic heterocycles. The van der Waals surface area contributed by atoms with Gasteiger partial charge in [-0.25, -0.2) is 4.79 Å². The van der Waals surface area contributed by atoms with Crippen LogP contribution in [0.1, 0.15) is 35.6 Å². The van der Waals surface area contributed by atoms with Crippen LogP contribution >= 0.6 is 0 Å². The molecule has 0 saturated carbocycles. The summed E-state index contributed by atoms with van der Waals surface area (Å²) in [4.78, 5) is 26.5. The number of hydrogen-bond acceptors (Lipinski definition) is 3. The maximum absolute atomic E-state index is 12.7. The Kier molecular flexibility index (Phi) is 5.38. The summed E-state index contributed by atoms with van der Waals surface area (Å²) in [5.74, 6) is 0.971. The topological polar surface area (TPSA) is 74.6 Å². The average Bonchev–Trinajstić information content (AvgIpc) is 3.07. The number of carbonyl (C=O) groups is 2. The molecule has 6 heteroatoms. The van der Waals surface area contributed by atoms with E-state index in [0.29, 0.717) is 18.8 Å². The van der Waals surface area contributed by atoms with E-state index in [2.05, 4.69) is 10.6 Å². The summed E-state index contributed by atoms with van der Waals surface area (Å²) >= 11 is 0. The van der Waals surface area contributed by atoms with Gasteiger partial charge in [-0.15, -0.1) is 0 Å². The number of para-hydroxylation sites is 1. The molecule has 1 unspecified atom stereocenters. The van der Waals surface area contributed by atoms with Crippen LogP contribution < -0.4 is 10.6 Å². The summed E-state index contributed by atoms with van der Waals surface area (Å²) in [5, 5.41) is 5.66. The number of aryl methyl sites for hydroxylation is 1. The predicted molar refractivity (Wildman–Crippen MR) is 95.6 cm³/mol. The minimum absolute atomic E-state index is 0.0202. The van der Waals surface area contributed by atoms with E-state index in [4.69, 9.17) is 4.42 Å². The third kappa shape index (κ3) is 4.41. The van der Waals surface area contributed by atoms with Crippen molar-refractivity contribution < 1.29 is 14.0 Å². The lowest BCUT2D eigenvalue weighted by Gasteiger charge is -2.35. The van der Waals surface area contributed by atoms with Gasteiger partial charge in [0.2, 0.25) is 0 Å². The predicted octanol–water partition coefficient (Wildman–Crippen LogP) is 3.40. The van der Waals surface area contributed by atoms with Crippen molar-refractivity contribution in [2.45, 2.75) is 32.2 Å². The molecule has 1 fully saturated rings. The Labute approximate surface area is 147 Å². The minimum atomic E-state index is -0.266. The van der Waals surface area contributed by atoms with E-state index < -0.39 is 0 Å². The molecular weight excluding hydrogens is 318 g/mol. The third-order valence-electron chi connectivity index (χ3n) is 4.37. The van der Waals surface area contributed by atoms with Crippen LogP contribution in [0.25, 0.3) is 0 Å². The number of nitrogens with one attached hydrogen (secondary N) is 2. The number of furan rings is 1. The van der Waals surface area contributed by atoms with Crippen molar-refractivity contribution in [3.05, 3.63) is 54.0 Å². The van der Waals surface area contributed by atoms with Crippen LogP contribution in [-0.2, 0) is 0 Å². The molecule has 2 heterocycles. The zero-order valence-electron chi connectivity index (χ0n) is 14.3. The van der Waals surface area contributed by atoms with Crippen LogP contribution in [-0.4, -0.2) is 36.0 Å². The van der Waals surface area contributed by atoms with Crippen LogP contribution in [0.15, 0.2) is 46.9 Å². The van der Waals surface area contributed by atoms with Gasteiger partial charge in [-0.2, -0.15) is 0 Å². The quantitative estimate of drug-likeness (QED) is 0.895. The number of urea groups is 1. The first-order valence-corrected chi connectivity index (χ1v) is 8.61. The highest BCUT2D eigenvalue weighted by Gasteiger charge is 2.29. The number of hydrogen-bond donors (Lipinski definition) is 2. The van der Waals surface area contributed by atoms with Crippen molar-refractivity contribution in [2.24, 2.45) is 0 Å². The Bertz CT molecular complexity index is 727. The number of rotatable bonds is 4. The molecule has 0 radical (unpaired) electrons. The molecule has 0 spiro atoms. The highest BCUT2D eigenvalue weighted by atomic mass is 16.3. The van der Waals surface area contributed by atoms with Gasteiger partial charge in [-0.05, 0) is 50.5 Å². The molecule has 1 aromatic carbocycles. The molecule has 1 aliphatic rings. The normalized spacial score (nSPS) is 17.2. The van der Waals surface area contributed by atoms with Gasteiger partial charge < -0.3 is 20.0 Å². The summed E-state index contributed by atoms with van der Waals surface area (Å²) < 4.78 is 5.46. The fourth-order valence-corrected chi connectivity index (χ4v) is 3.08. The van der Waals surface area contributed by atoms with Crippen molar-refractivity contribution in [3.8, 4) is 0 Å². The Hall–Kier alpha value is -2.76. The van der Waals surface area contributed by atoms with Gasteiger partial charge in [-0.3, -0.25) is 4.79 Å². The molecule has 1 atom stereocenters. The zero-order valence-corrected chi connectivity index (χ0v) is 14.3. The Morgan fingerprint density at radius 2 is 1.96 bits per heavy atom. The maximum Gasteiger partial charge on any atom is 0.319 e. The second kappa shape index (κ2) is 7.88. The first kappa shape index (κ1) is 17.1. The lowest BCUT2D eigenvalue weighted by Crippen LogP contribution is -2.49. The fraction of sp³-hybridized carbons (Fsp3) is 0.368. The second-order valence-electron chi connectivity index (χ2n) is 6.26. The number of benzene rings is 1. The van der Waals surface area contributed by atoms with Crippen molar-refractivity contribution in [3.63, 3.8) is 0 Å². The van der Waals surface area contributed by atoms with Crippen molar-refractivity contribution in [1.29, 1.82) is 0 Å². The van der Waals surface area contributed by atoms with Crippen LogP contribution in [0.3, 0.4) is 0 Å². The molecular formula is C19H23N3O3. The summed E-state index contributed by atoms with van der Waals surface area (Å²) in [6.45, 7) is 2.93. The maximum atomic E-state index is 12.7. The van der Waals surface area contributed by atoms with Crippen LogP contribution in [0, 0.1) is 6.92 Å². The van der Waals surface area contributed by atoms with Crippen molar-refractivity contribution in [2.75, 3.05) is 18.4 Å². The number of piperidine rings is 1. The lowest BCUT2D eigenvalue weighted by molar-refractivity contribution is 0.0581. The van der Waals surface area contributed by atoms with E-state index in [-0.39, 0.29) is 18.0 Å². The van der Waals surface area contributed by atoms with Gasteiger partial charge in [0.1, 0.15) is 5.76 Å². The summed E-state index contributed by atoms with van der Waals surface area (Å²) in [6, 6.07) is 12.5. The van der Waals surface area contributed by atoms with E-state index >= 15 is 0 Å². The number of anilines is 1. The van der Waals surface area contributed by atoms with Gasteiger partial charge in [0, 0.05) is 24.8 Å².